The lowest BCUT2D eigenvalue weighted by molar-refractivity contribution is -0.304. The highest BCUT2D eigenvalue weighted by Crippen LogP contribution is 2.90. The molecule has 3 aliphatic heterocycles. The summed E-state index contributed by atoms with van der Waals surface area (Å²) in [7, 11) is 0. The van der Waals surface area contributed by atoms with E-state index in [1.807, 2.05) is 13.8 Å². The van der Waals surface area contributed by atoms with Crippen molar-refractivity contribution in [3.05, 3.63) is 12.2 Å². The maximum atomic E-state index is 12.9. The van der Waals surface area contributed by atoms with Crippen LogP contribution in [0.4, 0.5) is 0 Å². The number of carbonyl (C=O) groups excluding carboxylic acids is 2. The molecule has 5 saturated carbocycles. The maximum absolute atomic E-state index is 12.9. The van der Waals surface area contributed by atoms with Crippen molar-refractivity contribution in [1.82, 2.24) is 0 Å². The number of hydrogen-bond donors (Lipinski definition) is 3. The van der Waals surface area contributed by atoms with Crippen LogP contribution in [0.25, 0.3) is 0 Å². The van der Waals surface area contributed by atoms with Gasteiger partial charge >= 0.3 is 11.9 Å². The Labute approximate surface area is 308 Å². The van der Waals surface area contributed by atoms with E-state index < -0.39 is 59.6 Å². The van der Waals surface area contributed by atoms with Gasteiger partial charge in [-0.15, -0.1) is 0 Å². The summed E-state index contributed by atoms with van der Waals surface area (Å²) in [6.45, 7) is 18.5. The topological polar surface area (TPSA) is 150 Å². The number of aliphatic hydroxyl groups is 3. The first-order chi connectivity index (χ1) is 24.3. The molecule has 3 N–H and O–H groups in total. The van der Waals surface area contributed by atoms with Gasteiger partial charge in [0.15, 0.2) is 18.2 Å². The van der Waals surface area contributed by atoms with Gasteiger partial charge in [-0.25, -0.2) is 4.79 Å². The quantitative estimate of drug-likeness (QED) is 0.196. The summed E-state index contributed by atoms with van der Waals surface area (Å²) >= 11 is 0. The van der Waals surface area contributed by atoms with E-state index in [2.05, 4.69) is 34.6 Å². The molecule has 8 aliphatic rings. The van der Waals surface area contributed by atoms with E-state index in [1.165, 1.54) is 13.0 Å². The highest BCUT2D eigenvalue weighted by Gasteiger charge is 2.88. The SMILES string of the molecule is C/C=C/C(=O)O[C@@H]1CO[C@@H](O[C@H]2CC[C@]34C[C@]35CC[C@]3(C)C6[C@H](C)C[C@H]7O[C@@]6(O[C@@H]7C(C)(C)OC(C)=O)[C@H](O)[C@@]3(C)C5CCC4C2(C)C)[C@H](O)[C@H]1O. The molecule has 3 saturated heterocycles. The third-order valence-corrected chi connectivity index (χ3v) is 16.8. The van der Waals surface area contributed by atoms with Gasteiger partial charge in [-0.3, -0.25) is 4.79 Å². The maximum Gasteiger partial charge on any atom is 0.330 e. The van der Waals surface area contributed by atoms with Crippen LogP contribution >= 0.6 is 0 Å². The molecule has 8 rings (SSSR count). The van der Waals surface area contributed by atoms with Gasteiger partial charge in [0, 0.05) is 24.3 Å². The predicted molar refractivity (Wildman–Crippen MR) is 187 cm³/mol. The first-order valence-corrected chi connectivity index (χ1v) is 20.0. The normalized spacial score (nSPS) is 54.3. The van der Waals surface area contributed by atoms with Crippen LogP contribution in [-0.4, -0.2) is 94.3 Å². The number of aliphatic hydroxyl groups excluding tert-OH is 3. The molecule has 5 aliphatic carbocycles. The molecule has 3 unspecified atom stereocenters. The van der Waals surface area contributed by atoms with E-state index in [-0.39, 0.29) is 58.3 Å². The second-order valence-electron chi connectivity index (χ2n) is 19.7. The summed E-state index contributed by atoms with van der Waals surface area (Å²) < 4.78 is 37.6. The highest BCUT2D eigenvalue weighted by molar-refractivity contribution is 5.82. The lowest BCUT2D eigenvalue weighted by Gasteiger charge is -2.63. The van der Waals surface area contributed by atoms with Gasteiger partial charge in [-0.05, 0) is 112 Å². The molecule has 8 fully saturated rings. The van der Waals surface area contributed by atoms with E-state index in [9.17, 15) is 24.9 Å². The molecule has 17 atom stereocenters. The molecule has 0 amide bonds. The minimum atomic E-state index is -1.35. The van der Waals surface area contributed by atoms with E-state index >= 15 is 0 Å². The molecule has 2 bridgehead atoms. The number of hydrogen-bond acceptors (Lipinski definition) is 11. The Bertz CT molecular complexity index is 1510. The van der Waals surface area contributed by atoms with Crippen LogP contribution in [0.1, 0.15) is 114 Å². The van der Waals surface area contributed by atoms with E-state index in [0.29, 0.717) is 11.8 Å². The van der Waals surface area contributed by atoms with Crippen LogP contribution in [0.5, 0.6) is 0 Å². The van der Waals surface area contributed by atoms with Crippen LogP contribution in [-0.2, 0) is 38.0 Å². The lowest BCUT2D eigenvalue weighted by Crippen LogP contribution is -2.61. The molecule has 0 aromatic rings. The first kappa shape index (κ1) is 37.3. The molecule has 52 heavy (non-hydrogen) atoms. The number of fused-ring (bicyclic) bond motifs is 4. The van der Waals surface area contributed by atoms with Crippen LogP contribution in [0.2, 0.25) is 0 Å². The smallest absolute Gasteiger partial charge is 0.330 e. The number of esters is 2. The molecule has 0 radical (unpaired) electrons. The van der Waals surface area contributed by atoms with Gasteiger partial charge in [0.2, 0.25) is 0 Å². The molecule has 0 aromatic heterocycles. The third-order valence-electron chi connectivity index (χ3n) is 16.8. The molecule has 11 nitrogen and oxygen atoms in total. The molecular formula is C41H62O11. The lowest BCUT2D eigenvalue weighted by atomic mass is 9.41. The molecule has 11 heteroatoms. The van der Waals surface area contributed by atoms with Gasteiger partial charge < -0.3 is 43.7 Å². The average molecular weight is 731 g/mol. The van der Waals surface area contributed by atoms with Crippen LogP contribution in [0, 0.1) is 50.7 Å². The number of carbonyl (C=O) groups is 2. The molecule has 3 heterocycles. The van der Waals surface area contributed by atoms with Crippen molar-refractivity contribution in [2.24, 2.45) is 50.7 Å². The molecule has 292 valence electrons. The second-order valence-corrected chi connectivity index (χ2v) is 19.7. The molecule has 0 aromatic carbocycles. The summed E-state index contributed by atoms with van der Waals surface area (Å²) in [5, 5.41) is 34.7. The summed E-state index contributed by atoms with van der Waals surface area (Å²) in [5.41, 5.74) is -1.52. The molecular weight excluding hydrogens is 668 g/mol. The summed E-state index contributed by atoms with van der Waals surface area (Å²) in [6, 6.07) is 0. The minimum Gasteiger partial charge on any atom is -0.457 e. The highest BCUT2D eigenvalue weighted by atomic mass is 16.8. The Morgan fingerprint density at radius 1 is 0.923 bits per heavy atom. The van der Waals surface area contributed by atoms with Crippen molar-refractivity contribution >= 4 is 11.9 Å². The largest absolute Gasteiger partial charge is 0.457 e. The number of ether oxygens (including phenoxy) is 6. The van der Waals surface area contributed by atoms with Gasteiger partial charge in [-0.2, -0.15) is 0 Å². The zero-order valence-corrected chi connectivity index (χ0v) is 32.6. The Morgan fingerprint density at radius 3 is 2.31 bits per heavy atom. The zero-order valence-electron chi connectivity index (χ0n) is 32.6. The monoisotopic (exact) mass is 730 g/mol. The number of rotatable bonds is 6. The van der Waals surface area contributed by atoms with Gasteiger partial charge in [0.25, 0.3) is 0 Å². The van der Waals surface area contributed by atoms with Crippen LogP contribution in [0.15, 0.2) is 12.2 Å². The van der Waals surface area contributed by atoms with Crippen molar-refractivity contribution in [1.29, 1.82) is 0 Å². The van der Waals surface area contributed by atoms with Crippen molar-refractivity contribution in [3.63, 3.8) is 0 Å². The van der Waals surface area contributed by atoms with Crippen molar-refractivity contribution < 1.29 is 53.3 Å². The van der Waals surface area contributed by atoms with E-state index in [0.717, 1.165) is 51.4 Å². The Hall–Kier alpha value is -1.60. The third kappa shape index (κ3) is 4.62. The average Bonchev–Trinajstić information content (AvgIpc) is 3.57. The molecule has 3 spiro atoms. The summed E-state index contributed by atoms with van der Waals surface area (Å²) in [4.78, 5) is 24.1. The van der Waals surface area contributed by atoms with Crippen molar-refractivity contribution in [2.45, 2.75) is 174 Å². The van der Waals surface area contributed by atoms with E-state index in [4.69, 9.17) is 28.4 Å². The fourth-order valence-corrected chi connectivity index (χ4v) is 14.8. The second kappa shape index (κ2) is 11.7. The predicted octanol–water partition coefficient (Wildman–Crippen LogP) is 4.82. The van der Waals surface area contributed by atoms with Crippen molar-refractivity contribution in [2.75, 3.05) is 6.61 Å². The zero-order chi connectivity index (χ0) is 37.6. The fraction of sp³-hybridized carbons (Fsp3) is 0.902. The Kier molecular flexibility index (Phi) is 8.41. The van der Waals surface area contributed by atoms with Gasteiger partial charge in [0.1, 0.15) is 30.0 Å². The van der Waals surface area contributed by atoms with Crippen molar-refractivity contribution in [3.8, 4) is 0 Å². The summed E-state index contributed by atoms with van der Waals surface area (Å²) in [5.74, 6) is -1.11. The minimum absolute atomic E-state index is 0.0169. The number of allylic oxidation sites excluding steroid dienone is 1. The fourth-order valence-electron chi connectivity index (χ4n) is 14.8. The Balaban J connectivity index is 1.03. The van der Waals surface area contributed by atoms with Gasteiger partial charge in [-0.1, -0.05) is 40.7 Å². The Morgan fingerprint density at radius 2 is 1.62 bits per heavy atom. The summed E-state index contributed by atoms with van der Waals surface area (Å²) in [6.07, 6.45) is 4.29. The van der Waals surface area contributed by atoms with Crippen LogP contribution < -0.4 is 0 Å². The first-order valence-electron chi connectivity index (χ1n) is 20.0. The van der Waals surface area contributed by atoms with E-state index in [1.54, 1.807) is 13.0 Å². The van der Waals surface area contributed by atoms with Gasteiger partial charge in [0.05, 0.1) is 18.8 Å². The van der Waals surface area contributed by atoms with Crippen LogP contribution in [0.3, 0.4) is 0 Å². The standard InChI is InChI=1S/C41H62O11/c1-10-11-28(43)48-24-19-47-33(30(45)29(24)44)49-27-14-15-39-20-40(39)17-16-37(8)31-21(2)18-23-32(36(6,7)50-22(3)42)52-41(31,51-23)34(46)38(37,9)26(40)13-12-25(39)35(27,4)5/h10-11,21,23-27,29-34,44-46H,12-20H2,1-9H3/b11-10+/t21-,23-,24-,25?,26?,27+,29+,30-,31?,32+,33+,34-,37-,38-,39-,40+,41+/m1/s1.